The average molecular weight is 353 g/mol. The van der Waals surface area contributed by atoms with Crippen molar-refractivity contribution in [1.29, 1.82) is 0 Å². The predicted molar refractivity (Wildman–Crippen MR) is 84.3 cm³/mol. The molecule has 0 aromatic heterocycles. The van der Waals surface area contributed by atoms with E-state index in [1.54, 1.807) is 18.2 Å². The fourth-order valence-electron chi connectivity index (χ4n) is 1.90. The largest absolute Gasteiger partial charge is 0.497 e. The zero-order valence-corrected chi connectivity index (χ0v) is 14.3. The normalized spacial score (nSPS) is 14.7. The summed E-state index contributed by atoms with van der Waals surface area (Å²) in [7, 11) is -2.72. The molecule has 0 saturated carbocycles. The van der Waals surface area contributed by atoms with Crippen LogP contribution in [0.15, 0.2) is 18.2 Å². The van der Waals surface area contributed by atoms with Crippen LogP contribution in [-0.2, 0) is 10.1 Å². The number of ether oxygens (including phenoxy) is 2. The maximum atomic E-state index is 10.8. The molecule has 0 heterocycles. The summed E-state index contributed by atoms with van der Waals surface area (Å²) in [5.41, 5.74) is 0. The SMILES string of the molecule is COc1ccc(Cl)c(OC(CC(O)CS(=O)(=O)O)C(C)C)c1. The molecule has 0 bridgehead atoms. The van der Waals surface area contributed by atoms with Crippen LogP contribution in [0, 0.1) is 5.92 Å². The third-order valence-corrected chi connectivity index (χ3v) is 4.19. The van der Waals surface area contributed by atoms with E-state index in [1.807, 2.05) is 13.8 Å². The van der Waals surface area contributed by atoms with Crippen LogP contribution in [0.25, 0.3) is 0 Å². The van der Waals surface area contributed by atoms with Crippen molar-refractivity contribution in [3.05, 3.63) is 23.2 Å². The van der Waals surface area contributed by atoms with E-state index in [2.05, 4.69) is 0 Å². The van der Waals surface area contributed by atoms with E-state index >= 15 is 0 Å². The highest BCUT2D eigenvalue weighted by atomic mass is 35.5. The summed E-state index contributed by atoms with van der Waals surface area (Å²) in [5.74, 6) is 0.225. The van der Waals surface area contributed by atoms with Crippen LogP contribution in [0.2, 0.25) is 5.02 Å². The van der Waals surface area contributed by atoms with Crippen molar-refractivity contribution in [3.63, 3.8) is 0 Å². The van der Waals surface area contributed by atoms with Crippen LogP contribution >= 0.6 is 11.6 Å². The monoisotopic (exact) mass is 352 g/mol. The maximum absolute atomic E-state index is 10.8. The molecular formula is C14H21ClO6S. The number of aliphatic hydroxyl groups excluding tert-OH is 1. The van der Waals surface area contributed by atoms with E-state index in [9.17, 15) is 13.5 Å². The van der Waals surface area contributed by atoms with Crippen molar-refractivity contribution in [3.8, 4) is 11.5 Å². The summed E-state index contributed by atoms with van der Waals surface area (Å²) in [6, 6.07) is 4.93. The second-order valence-electron chi connectivity index (χ2n) is 5.33. The Balaban J connectivity index is 2.84. The molecule has 126 valence electrons. The number of rotatable bonds is 8. The van der Waals surface area contributed by atoms with Gasteiger partial charge in [-0.1, -0.05) is 25.4 Å². The Hall–Kier alpha value is -1.02. The van der Waals surface area contributed by atoms with Crippen LogP contribution in [0.3, 0.4) is 0 Å². The predicted octanol–water partition coefficient (Wildman–Crippen LogP) is 2.39. The molecule has 1 rings (SSSR count). The molecule has 0 spiro atoms. The first-order chi connectivity index (χ1) is 10.1. The quantitative estimate of drug-likeness (QED) is 0.698. The number of hydrogen-bond acceptors (Lipinski definition) is 5. The Kier molecular flexibility index (Phi) is 6.93. The molecule has 0 aliphatic rings. The van der Waals surface area contributed by atoms with Gasteiger partial charge < -0.3 is 14.6 Å². The van der Waals surface area contributed by atoms with Crippen LogP contribution in [0.5, 0.6) is 11.5 Å². The molecule has 0 aliphatic heterocycles. The molecule has 1 aromatic rings. The molecule has 6 nitrogen and oxygen atoms in total. The van der Waals surface area contributed by atoms with Crippen LogP contribution in [0.4, 0.5) is 0 Å². The van der Waals surface area contributed by atoms with Gasteiger partial charge in [0.1, 0.15) is 23.4 Å². The summed E-state index contributed by atoms with van der Waals surface area (Å²) in [5, 5.41) is 10.2. The summed E-state index contributed by atoms with van der Waals surface area (Å²) < 4.78 is 41.3. The molecule has 0 amide bonds. The van der Waals surface area contributed by atoms with Crippen molar-refractivity contribution in [1.82, 2.24) is 0 Å². The van der Waals surface area contributed by atoms with Gasteiger partial charge in [0.15, 0.2) is 0 Å². The molecule has 0 aliphatic carbocycles. The number of methoxy groups -OCH3 is 1. The molecule has 2 unspecified atom stereocenters. The van der Waals surface area contributed by atoms with Gasteiger partial charge in [0.25, 0.3) is 10.1 Å². The fourth-order valence-corrected chi connectivity index (χ4v) is 2.68. The molecule has 2 N–H and O–H groups in total. The Morgan fingerprint density at radius 3 is 2.45 bits per heavy atom. The van der Waals surface area contributed by atoms with Crippen LogP contribution in [-0.4, -0.2) is 43.1 Å². The molecule has 0 radical (unpaired) electrons. The lowest BCUT2D eigenvalue weighted by molar-refractivity contribution is 0.0789. The van der Waals surface area contributed by atoms with Crippen molar-refractivity contribution in [2.24, 2.45) is 5.92 Å². The molecule has 1 aromatic carbocycles. The summed E-state index contributed by atoms with van der Waals surface area (Å²) >= 11 is 6.07. The number of aliphatic hydroxyl groups is 1. The second-order valence-corrected chi connectivity index (χ2v) is 7.24. The number of hydrogen-bond donors (Lipinski definition) is 2. The van der Waals surface area contributed by atoms with Crippen molar-refractivity contribution in [2.75, 3.05) is 12.9 Å². The lowest BCUT2D eigenvalue weighted by Crippen LogP contribution is -2.32. The molecule has 0 fully saturated rings. The highest BCUT2D eigenvalue weighted by molar-refractivity contribution is 7.85. The van der Waals surface area contributed by atoms with Crippen molar-refractivity contribution in [2.45, 2.75) is 32.5 Å². The van der Waals surface area contributed by atoms with Crippen molar-refractivity contribution >= 4 is 21.7 Å². The van der Waals surface area contributed by atoms with Gasteiger partial charge in [0.2, 0.25) is 0 Å². The van der Waals surface area contributed by atoms with Gasteiger partial charge in [-0.15, -0.1) is 0 Å². The molecule has 22 heavy (non-hydrogen) atoms. The fraction of sp³-hybridized carbons (Fsp3) is 0.571. The Labute approximate surface area is 135 Å². The van der Waals surface area contributed by atoms with Gasteiger partial charge in [0.05, 0.1) is 18.2 Å². The Morgan fingerprint density at radius 1 is 1.32 bits per heavy atom. The first-order valence-electron chi connectivity index (χ1n) is 6.75. The smallest absolute Gasteiger partial charge is 0.267 e. The van der Waals surface area contributed by atoms with E-state index in [-0.39, 0.29) is 12.3 Å². The highest BCUT2D eigenvalue weighted by Crippen LogP contribution is 2.31. The Morgan fingerprint density at radius 2 is 1.95 bits per heavy atom. The van der Waals surface area contributed by atoms with E-state index in [0.717, 1.165) is 0 Å². The Bertz CT molecular complexity index is 587. The zero-order valence-electron chi connectivity index (χ0n) is 12.7. The first kappa shape index (κ1) is 19.0. The van der Waals surface area contributed by atoms with Crippen LogP contribution < -0.4 is 9.47 Å². The summed E-state index contributed by atoms with van der Waals surface area (Å²) in [6.45, 7) is 3.75. The van der Waals surface area contributed by atoms with Gasteiger partial charge in [-0.05, 0) is 18.1 Å². The van der Waals surface area contributed by atoms with Gasteiger partial charge in [-0.3, -0.25) is 4.55 Å². The maximum Gasteiger partial charge on any atom is 0.267 e. The number of benzene rings is 1. The standard InChI is InChI=1S/C14H21ClO6S/c1-9(2)13(6-10(16)8-22(17,18)19)21-14-7-11(20-3)4-5-12(14)15/h4-5,7,9-10,13,16H,6,8H2,1-3H3,(H,17,18,19). The third kappa shape index (κ3) is 6.39. The third-order valence-electron chi connectivity index (χ3n) is 3.07. The minimum absolute atomic E-state index is 0.00156. The lowest BCUT2D eigenvalue weighted by Gasteiger charge is -2.25. The minimum atomic E-state index is -4.24. The number of halogens is 1. The molecule has 0 saturated heterocycles. The van der Waals surface area contributed by atoms with Gasteiger partial charge in [-0.25, -0.2) is 0 Å². The minimum Gasteiger partial charge on any atom is -0.497 e. The average Bonchev–Trinajstić information content (AvgIpc) is 2.38. The zero-order chi connectivity index (χ0) is 16.9. The summed E-state index contributed by atoms with van der Waals surface area (Å²) in [4.78, 5) is 0. The first-order valence-corrected chi connectivity index (χ1v) is 8.74. The highest BCUT2D eigenvalue weighted by Gasteiger charge is 2.24. The van der Waals surface area contributed by atoms with Gasteiger partial charge >= 0.3 is 0 Å². The van der Waals surface area contributed by atoms with E-state index in [0.29, 0.717) is 16.5 Å². The van der Waals surface area contributed by atoms with E-state index < -0.39 is 28.1 Å². The topological polar surface area (TPSA) is 93.1 Å². The van der Waals surface area contributed by atoms with Gasteiger partial charge in [0, 0.05) is 12.5 Å². The van der Waals surface area contributed by atoms with Crippen LogP contribution in [0.1, 0.15) is 20.3 Å². The summed E-state index contributed by atoms with van der Waals surface area (Å²) in [6.07, 6.45) is -1.65. The second kappa shape index (κ2) is 8.01. The molecule has 2 atom stereocenters. The lowest BCUT2D eigenvalue weighted by atomic mass is 10.0. The molecule has 8 heteroatoms. The van der Waals surface area contributed by atoms with E-state index in [4.69, 9.17) is 25.6 Å². The molecular weight excluding hydrogens is 332 g/mol. The van der Waals surface area contributed by atoms with Gasteiger partial charge in [-0.2, -0.15) is 8.42 Å². The van der Waals surface area contributed by atoms with E-state index in [1.165, 1.54) is 7.11 Å². The van der Waals surface area contributed by atoms with Crippen molar-refractivity contribution < 1.29 is 27.6 Å².